The maximum Gasteiger partial charge on any atom is 0.263 e. The number of hydrogen-bond acceptors (Lipinski definition) is 6. The first kappa shape index (κ1) is 19.0. The highest BCUT2D eigenvalue weighted by Gasteiger charge is 2.22. The summed E-state index contributed by atoms with van der Waals surface area (Å²) in [6, 6.07) is 14.1. The van der Waals surface area contributed by atoms with E-state index >= 15 is 0 Å². The summed E-state index contributed by atoms with van der Waals surface area (Å²) in [5, 5.41) is 11.4. The largest absolute Gasteiger partial charge is 0.490 e. The molecule has 1 N–H and O–H groups in total. The van der Waals surface area contributed by atoms with Crippen LogP contribution in [0.5, 0.6) is 11.5 Å². The van der Waals surface area contributed by atoms with Gasteiger partial charge in [0.2, 0.25) is 0 Å². The van der Waals surface area contributed by atoms with Crippen molar-refractivity contribution in [2.24, 2.45) is 0 Å². The summed E-state index contributed by atoms with van der Waals surface area (Å²) in [4.78, 5) is 12.3. The summed E-state index contributed by atoms with van der Waals surface area (Å²) in [6.07, 6.45) is 1.70. The molecule has 0 aliphatic carbocycles. The quantitative estimate of drug-likeness (QED) is 0.352. The third-order valence-corrected chi connectivity index (χ3v) is 4.72. The SMILES string of the molecule is [B]c1ccc(OCCOc2ccc(C#N)cc2)c(/C=C2\SC(=S)NC2=O)c1. The van der Waals surface area contributed by atoms with Crippen LogP contribution in [-0.2, 0) is 4.79 Å². The molecule has 1 fully saturated rings. The summed E-state index contributed by atoms with van der Waals surface area (Å²) in [5.74, 6) is 1.01. The molecule has 0 spiro atoms. The molecule has 0 aromatic heterocycles. The van der Waals surface area contributed by atoms with Crippen LogP contribution in [-0.4, -0.2) is 31.3 Å². The van der Waals surface area contributed by atoms with Gasteiger partial charge in [-0.25, -0.2) is 0 Å². The topological polar surface area (TPSA) is 71.3 Å². The number of carbonyl (C=O) groups excluding carboxylic acids is 1. The molecule has 1 aliphatic heterocycles. The Balaban J connectivity index is 1.63. The second-order valence-corrected chi connectivity index (χ2v) is 7.20. The molecule has 2 aromatic carbocycles. The van der Waals surface area contributed by atoms with Crippen LogP contribution in [0, 0.1) is 11.3 Å². The van der Waals surface area contributed by atoms with Crippen LogP contribution in [0.3, 0.4) is 0 Å². The van der Waals surface area contributed by atoms with Crippen molar-refractivity contribution < 1.29 is 14.3 Å². The smallest absolute Gasteiger partial charge is 0.263 e. The number of carbonyl (C=O) groups is 1. The van der Waals surface area contributed by atoms with Gasteiger partial charge < -0.3 is 14.8 Å². The Labute approximate surface area is 167 Å². The summed E-state index contributed by atoms with van der Waals surface area (Å²) in [7, 11) is 5.85. The highest BCUT2D eigenvalue weighted by atomic mass is 32.2. The standard InChI is InChI=1S/C19H13BN2O3S2/c20-14-3-6-16(13(9-14)10-17-18(23)22-19(26)27-17)25-8-7-24-15-4-1-12(11-21)2-5-15/h1-6,9-10H,7-8H2,(H,22,23,26)/b17-10-. The van der Waals surface area contributed by atoms with Gasteiger partial charge in [0.15, 0.2) is 0 Å². The first-order valence-electron chi connectivity index (χ1n) is 7.95. The molecule has 1 amide bonds. The van der Waals surface area contributed by atoms with Gasteiger partial charge in [-0.3, -0.25) is 4.79 Å². The predicted molar refractivity (Wildman–Crippen MR) is 110 cm³/mol. The van der Waals surface area contributed by atoms with Crippen LogP contribution < -0.4 is 20.3 Å². The average Bonchev–Trinajstić information content (AvgIpc) is 2.97. The minimum atomic E-state index is -0.234. The Morgan fingerprint density at radius 1 is 1.19 bits per heavy atom. The molecule has 3 rings (SSSR count). The van der Waals surface area contributed by atoms with E-state index in [1.807, 2.05) is 0 Å². The predicted octanol–water partition coefficient (Wildman–Crippen LogP) is 2.30. The number of nitrogens with zero attached hydrogens (tertiary/aromatic N) is 1. The van der Waals surface area contributed by atoms with Crippen molar-refractivity contribution >= 4 is 53.6 Å². The number of amides is 1. The van der Waals surface area contributed by atoms with Gasteiger partial charge in [0.05, 0.1) is 16.5 Å². The Hall–Kier alpha value is -2.76. The van der Waals surface area contributed by atoms with Crippen molar-refractivity contribution in [1.82, 2.24) is 5.32 Å². The van der Waals surface area contributed by atoms with Gasteiger partial charge in [0.25, 0.3) is 5.91 Å². The third-order valence-electron chi connectivity index (χ3n) is 3.56. The van der Waals surface area contributed by atoms with Crippen molar-refractivity contribution in [3.8, 4) is 17.6 Å². The van der Waals surface area contributed by atoms with Gasteiger partial charge in [-0.1, -0.05) is 41.6 Å². The normalized spacial score (nSPS) is 14.7. The zero-order valence-corrected chi connectivity index (χ0v) is 15.7. The van der Waals surface area contributed by atoms with E-state index in [0.29, 0.717) is 50.5 Å². The fourth-order valence-corrected chi connectivity index (χ4v) is 3.35. The number of hydrogen-bond donors (Lipinski definition) is 1. The fourth-order valence-electron chi connectivity index (χ4n) is 2.31. The number of ether oxygens (including phenoxy) is 2. The van der Waals surface area contributed by atoms with Gasteiger partial charge in [-0.15, -0.1) is 0 Å². The van der Waals surface area contributed by atoms with E-state index in [9.17, 15) is 4.79 Å². The van der Waals surface area contributed by atoms with Gasteiger partial charge in [0, 0.05) is 5.56 Å². The molecule has 132 valence electrons. The lowest BCUT2D eigenvalue weighted by molar-refractivity contribution is -0.115. The fraction of sp³-hybridized carbons (Fsp3) is 0.105. The summed E-state index contributed by atoms with van der Waals surface area (Å²) in [6.45, 7) is 0.628. The van der Waals surface area contributed by atoms with E-state index in [-0.39, 0.29) is 5.91 Å². The number of nitrogens with one attached hydrogen (secondary N) is 1. The monoisotopic (exact) mass is 392 g/mol. The van der Waals surface area contributed by atoms with Gasteiger partial charge >= 0.3 is 0 Å². The average molecular weight is 392 g/mol. The van der Waals surface area contributed by atoms with Crippen LogP contribution in [0.4, 0.5) is 0 Å². The van der Waals surface area contributed by atoms with Gasteiger partial charge in [-0.05, 0) is 36.4 Å². The van der Waals surface area contributed by atoms with Crippen LogP contribution in [0.15, 0.2) is 47.4 Å². The third kappa shape index (κ3) is 5.13. The maximum atomic E-state index is 11.8. The Bertz CT molecular complexity index is 952. The zero-order chi connectivity index (χ0) is 19.2. The molecular formula is C19H13BN2O3S2. The number of thiocarbonyl (C=S) groups is 1. The molecule has 1 saturated heterocycles. The summed E-state index contributed by atoms with van der Waals surface area (Å²) < 4.78 is 11.8. The number of thioether (sulfide) groups is 1. The van der Waals surface area contributed by atoms with Gasteiger partial charge in [-0.2, -0.15) is 5.26 Å². The Kier molecular flexibility index (Phi) is 6.17. The van der Waals surface area contributed by atoms with Crippen molar-refractivity contribution in [2.45, 2.75) is 0 Å². The highest BCUT2D eigenvalue weighted by molar-refractivity contribution is 8.26. The lowest BCUT2D eigenvalue weighted by Crippen LogP contribution is -2.17. The number of rotatable bonds is 6. The lowest BCUT2D eigenvalue weighted by Gasteiger charge is -2.11. The van der Waals surface area contributed by atoms with Crippen LogP contribution in [0.1, 0.15) is 11.1 Å². The molecule has 2 aromatic rings. The Morgan fingerprint density at radius 3 is 2.59 bits per heavy atom. The molecule has 1 heterocycles. The minimum Gasteiger partial charge on any atom is -0.490 e. The molecule has 2 radical (unpaired) electrons. The zero-order valence-electron chi connectivity index (χ0n) is 14.1. The molecule has 0 saturated carbocycles. The van der Waals surface area contributed by atoms with Crippen molar-refractivity contribution in [1.29, 1.82) is 5.26 Å². The van der Waals surface area contributed by atoms with Gasteiger partial charge in [0.1, 0.15) is 36.9 Å². The van der Waals surface area contributed by atoms with E-state index in [1.165, 1.54) is 11.8 Å². The second-order valence-electron chi connectivity index (χ2n) is 5.48. The molecule has 5 nitrogen and oxygen atoms in total. The minimum absolute atomic E-state index is 0.234. The number of nitriles is 1. The van der Waals surface area contributed by atoms with Crippen LogP contribution >= 0.6 is 24.0 Å². The maximum absolute atomic E-state index is 11.8. The van der Waals surface area contributed by atoms with E-state index < -0.39 is 0 Å². The second kappa shape index (κ2) is 8.76. The highest BCUT2D eigenvalue weighted by Crippen LogP contribution is 2.28. The van der Waals surface area contributed by atoms with Crippen molar-refractivity contribution in [2.75, 3.05) is 13.2 Å². The van der Waals surface area contributed by atoms with Crippen LogP contribution in [0.25, 0.3) is 6.08 Å². The molecule has 1 aliphatic rings. The lowest BCUT2D eigenvalue weighted by atomic mass is 9.94. The van der Waals surface area contributed by atoms with Crippen molar-refractivity contribution in [3.05, 3.63) is 58.5 Å². The summed E-state index contributed by atoms with van der Waals surface area (Å²) >= 11 is 6.20. The van der Waals surface area contributed by atoms with Crippen molar-refractivity contribution in [3.63, 3.8) is 0 Å². The first-order chi connectivity index (χ1) is 13.0. The van der Waals surface area contributed by atoms with E-state index in [0.717, 1.165) is 0 Å². The van der Waals surface area contributed by atoms with E-state index in [4.69, 9.17) is 34.8 Å². The first-order valence-corrected chi connectivity index (χ1v) is 9.18. The van der Waals surface area contributed by atoms with Crippen LogP contribution in [0.2, 0.25) is 0 Å². The molecule has 0 unspecified atom stereocenters. The number of benzene rings is 2. The molecule has 0 bridgehead atoms. The van der Waals surface area contributed by atoms with E-state index in [2.05, 4.69) is 11.4 Å². The summed E-state index contributed by atoms with van der Waals surface area (Å²) in [5.41, 5.74) is 1.83. The molecule has 8 heteroatoms. The molecular weight excluding hydrogens is 379 g/mol. The molecule has 0 atom stereocenters. The molecule has 27 heavy (non-hydrogen) atoms. The van der Waals surface area contributed by atoms with E-state index in [1.54, 1.807) is 48.5 Å². The Morgan fingerprint density at radius 2 is 1.93 bits per heavy atom.